The van der Waals surface area contributed by atoms with Gasteiger partial charge in [-0.25, -0.2) is 0 Å². The number of rotatable bonds is 4. The number of piperazine rings is 1. The summed E-state index contributed by atoms with van der Waals surface area (Å²) in [7, 11) is 2.05. The van der Waals surface area contributed by atoms with Crippen molar-refractivity contribution in [1.29, 1.82) is 0 Å². The number of benzene rings is 1. The summed E-state index contributed by atoms with van der Waals surface area (Å²) < 4.78 is 39.0. The number of alkyl halides is 3. The molecule has 0 bridgehead atoms. The third kappa shape index (κ3) is 5.15. The van der Waals surface area contributed by atoms with Crippen LogP contribution in [0, 0.1) is 0 Å². The maximum Gasteiger partial charge on any atom is 0.417 e. The van der Waals surface area contributed by atoms with Crippen LogP contribution in [0.1, 0.15) is 5.56 Å². The fourth-order valence-electron chi connectivity index (χ4n) is 3.43. The second kappa shape index (κ2) is 8.56. The van der Waals surface area contributed by atoms with E-state index < -0.39 is 11.7 Å². The van der Waals surface area contributed by atoms with Gasteiger partial charge in [0.15, 0.2) is 5.82 Å². The number of halogens is 3. The molecule has 1 amide bonds. The Morgan fingerprint density at radius 1 is 1.03 bits per heavy atom. The summed E-state index contributed by atoms with van der Waals surface area (Å²) in [6.07, 6.45) is -2.29. The molecule has 1 N–H and O–H groups in total. The van der Waals surface area contributed by atoms with E-state index in [1.165, 1.54) is 6.20 Å². The molecule has 3 heterocycles. The molecule has 0 unspecified atom stereocenters. The third-order valence-electron chi connectivity index (χ3n) is 5.21. The Morgan fingerprint density at radius 3 is 2.55 bits per heavy atom. The molecule has 31 heavy (non-hydrogen) atoms. The summed E-state index contributed by atoms with van der Waals surface area (Å²) in [5, 5.41) is 11.5. The van der Waals surface area contributed by atoms with Gasteiger partial charge in [-0.15, -0.1) is 10.2 Å². The van der Waals surface area contributed by atoms with Gasteiger partial charge in [0.05, 0.1) is 17.6 Å². The van der Waals surface area contributed by atoms with Crippen molar-refractivity contribution >= 4 is 22.6 Å². The summed E-state index contributed by atoms with van der Waals surface area (Å²) in [6.45, 7) is 3.74. The maximum absolute atomic E-state index is 13.0. The van der Waals surface area contributed by atoms with Crippen molar-refractivity contribution in [2.75, 3.05) is 45.1 Å². The number of nitrogens with zero attached hydrogens (tertiary/aromatic N) is 5. The van der Waals surface area contributed by atoms with E-state index in [9.17, 15) is 18.0 Å². The number of aromatic nitrogens is 3. The fourth-order valence-corrected chi connectivity index (χ4v) is 3.43. The summed E-state index contributed by atoms with van der Waals surface area (Å²) in [4.78, 5) is 20.4. The van der Waals surface area contributed by atoms with Crippen LogP contribution in [0.3, 0.4) is 0 Å². The lowest BCUT2D eigenvalue weighted by atomic mass is 10.0. The normalized spacial score (nSPS) is 15.9. The van der Waals surface area contributed by atoms with E-state index in [1.54, 1.807) is 24.3 Å². The van der Waals surface area contributed by atoms with Gasteiger partial charge in [-0.1, -0.05) is 6.07 Å². The second-order valence-corrected chi connectivity index (χ2v) is 7.59. The Labute approximate surface area is 176 Å². The lowest BCUT2D eigenvalue weighted by Gasteiger charge is -2.31. The molecular formula is C21H21F3N6O. The minimum absolute atomic E-state index is 0.184. The lowest BCUT2D eigenvalue weighted by Crippen LogP contribution is -2.47. The molecular weight excluding hydrogens is 409 g/mol. The molecule has 1 saturated heterocycles. The van der Waals surface area contributed by atoms with Gasteiger partial charge in [0, 0.05) is 49.5 Å². The molecule has 3 aromatic rings. The maximum atomic E-state index is 13.0. The predicted octanol–water partition coefficient (Wildman–Crippen LogP) is 2.90. The minimum atomic E-state index is -4.47. The van der Waals surface area contributed by atoms with E-state index in [2.05, 4.69) is 30.3 Å². The zero-order chi connectivity index (χ0) is 22.0. The molecule has 0 radical (unpaired) electrons. The van der Waals surface area contributed by atoms with Gasteiger partial charge in [0.2, 0.25) is 5.91 Å². The van der Waals surface area contributed by atoms with Gasteiger partial charge in [-0.3, -0.25) is 14.7 Å². The number of fused-ring (bicyclic) bond motifs is 1. The largest absolute Gasteiger partial charge is 0.417 e. The van der Waals surface area contributed by atoms with Crippen molar-refractivity contribution in [3.8, 4) is 11.1 Å². The fraction of sp³-hybridized carbons (Fsp3) is 0.333. The molecule has 1 fully saturated rings. The van der Waals surface area contributed by atoms with E-state index in [0.29, 0.717) is 27.8 Å². The van der Waals surface area contributed by atoms with Gasteiger partial charge in [0.1, 0.15) is 0 Å². The Morgan fingerprint density at radius 2 is 1.81 bits per heavy atom. The van der Waals surface area contributed by atoms with Gasteiger partial charge in [-0.2, -0.15) is 13.2 Å². The van der Waals surface area contributed by atoms with Crippen LogP contribution in [-0.4, -0.2) is 70.7 Å². The molecule has 0 aliphatic carbocycles. The van der Waals surface area contributed by atoms with Gasteiger partial charge >= 0.3 is 6.18 Å². The SMILES string of the molecule is CN1CCN(CC(=O)Nc2cc3cc(-c4cncc(C(F)(F)F)c4)ccc3nn2)CC1. The number of amides is 1. The van der Waals surface area contributed by atoms with Crippen molar-refractivity contribution in [3.63, 3.8) is 0 Å². The molecule has 7 nitrogen and oxygen atoms in total. The number of nitrogens with one attached hydrogen (secondary N) is 1. The highest BCUT2D eigenvalue weighted by Gasteiger charge is 2.31. The standard InChI is InChI=1S/C21H21F3N6O/c1-29-4-6-30(7-5-29)13-20(31)26-19-10-15-8-14(2-3-18(15)27-28-19)16-9-17(12-25-11-16)21(22,23)24/h2-3,8-12H,4-7,13H2,1H3,(H,26,28,31). The molecule has 10 heteroatoms. The number of hydrogen-bond donors (Lipinski definition) is 1. The lowest BCUT2D eigenvalue weighted by molar-refractivity contribution is -0.137. The highest BCUT2D eigenvalue weighted by Crippen LogP contribution is 2.32. The first kappa shape index (κ1) is 21.1. The Hall–Kier alpha value is -3.11. The average molecular weight is 430 g/mol. The van der Waals surface area contributed by atoms with Crippen molar-refractivity contribution in [2.24, 2.45) is 0 Å². The number of carbonyl (C=O) groups excluding carboxylic acids is 1. The first-order chi connectivity index (χ1) is 14.8. The van der Waals surface area contributed by atoms with Crippen LogP contribution >= 0.6 is 0 Å². The average Bonchev–Trinajstić information content (AvgIpc) is 2.74. The molecule has 0 saturated carbocycles. The zero-order valence-electron chi connectivity index (χ0n) is 16.9. The minimum Gasteiger partial charge on any atom is -0.308 e. The van der Waals surface area contributed by atoms with Crippen LogP contribution in [0.5, 0.6) is 0 Å². The first-order valence-electron chi connectivity index (χ1n) is 9.79. The zero-order valence-corrected chi connectivity index (χ0v) is 16.9. The Bertz CT molecular complexity index is 1100. The molecule has 0 atom stereocenters. The highest BCUT2D eigenvalue weighted by atomic mass is 19.4. The van der Waals surface area contributed by atoms with E-state index in [0.717, 1.165) is 38.4 Å². The summed E-state index contributed by atoms with van der Waals surface area (Å²) >= 11 is 0. The summed E-state index contributed by atoms with van der Waals surface area (Å²) in [5.41, 5.74) is 0.665. The van der Waals surface area contributed by atoms with Crippen molar-refractivity contribution in [1.82, 2.24) is 25.0 Å². The van der Waals surface area contributed by atoms with Crippen molar-refractivity contribution in [3.05, 3.63) is 48.3 Å². The van der Waals surface area contributed by atoms with Crippen LogP contribution in [0.4, 0.5) is 19.0 Å². The Balaban J connectivity index is 1.52. The van der Waals surface area contributed by atoms with Gasteiger partial charge in [-0.05, 0) is 36.9 Å². The smallest absolute Gasteiger partial charge is 0.308 e. The van der Waals surface area contributed by atoms with Crippen molar-refractivity contribution < 1.29 is 18.0 Å². The number of pyridine rings is 1. The molecule has 4 rings (SSSR count). The molecule has 162 valence electrons. The molecule has 2 aromatic heterocycles. The van der Waals surface area contributed by atoms with E-state index in [1.807, 2.05) is 7.05 Å². The quantitative estimate of drug-likeness (QED) is 0.686. The molecule has 1 aromatic carbocycles. The number of likely N-dealkylation sites (N-methyl/N-ethyl adjacent to an activating group) is 1. The topological polar surface area (TPSA) is 74.2 Å². The molecule has 0 spiro atoms. The highest BCUT2D eigenvalue weighted by molar-refractivity contribution is 5.93. The van der Waals surface area contributed by atoms with Crippen LogP contribution in [0.15, 0.2) is 42.7 Å². The summed E-state index contributed by atoms with van der Waals surface area (Å²) in [6, 6.07) is 7.77. The van der Waals surface area contributed by atoms with Crippen LogP contribution < -0.4 is 5.32 Å². The number of hydrogen-bond acceptors (Lipinski definition) is 6. The van der Waals surface area contributed by atoms with Gasteiger partial charge in [0.25, 0.3) is 0 Å². The molecule has 1 aliphatic heterocycles. The number of carbonyl (C=O) groups is 1. The third-order valence-corrected chi connectivity index (χ3v) is 5.21. The van der Waals surface area contributed by atoms with Crippen molar-refractivity contribution in [2.45, 2.75) is 6.18 Å². The van der Waals surface area contributed by atoms with E-state index >= 15 is 0 Å². The second-order valence-electron chi connectivity index (χ2n) is 7.59. The first-order valence-corrected chi connectivity index (χ1v) is 9.79. The monoisotopic (exact) mass is 430 g/mol. The molecule has 1 aliphatic rings. The van der Waals surface area contributed by atoms with Crippen LogP contribution in [-0.2, 0) is 11.0 Å². The number of anilines is 1. The van der Waals surface area contributed by atoms with E-state index in [4.69, 9.17) is 0 Å². The van der Waals surface area contributed by atoms with Crippen LogP contribution in [0.25, 0.3) is 22.0 Å². The van der Waals surface area contributed by atoms with Crippen LogP contribution in [0.2, 0.25) is 0 Å². The van der Waals surface area contributed by atoms with E-state index in [-0.39, 0.29) is 12.5 Å². The predicted molar refractivity (Wildman–Crippen MR) is 110 cm³/mol. The Kier molecular flexibility index (Phi) is 5.84. The van der Waals surface area contributed by atoms with Gasteiger partial charge < -0.3 is 10.2 Å². The summed E-state index contributed by atoms with van der Waals surface area (Å²) in [5.74, 6) is 0.113.